The number of anilines is 1. The average Bonchev–Trinajstić information content (AvgIpc) is 2.34. The maximum Gasteiger partial charge on any atom is 0.354 e. The van der Waals surface area contributed by atoms with Gasteiger partial charge in [-0.2, -0.15) is 0 Å². The van der Waals surface area contributed by atoms with E-state index in [0.29, 0.717) is 23.8 Å². The molecule has 5 nitrogen and oxygen atoms in total. The lowest BCUT2D eigenvalue weighted by molar-refractivity contribution is 0.0690. The molecule has 0 bridgehead atoms. The number of carboxylic acid groups (broad SMARTS) is 1. The van der Waals surface area contributed by atoms with E-state index in [1.165, 1.54) is 18.7 Å². The minimum atomic E-state index is -1.01. The third kappa shape index (κ3) is 2.44. The van der Waals surface area contributed by atoms with Crippen LogP contribution in [0.15, 0.2) is 12.3 Å². The van der Waals surface area contributed by atoms with Crippen LogP contribution >= 0.6 is 0 Å². The van der Waals surface area contributed by atoms with Gasteiger partial charge in [0.05, 0.1) is 0 Å². The predicted molar refractivity (Wildman–Crippen MR) is 68.7 cm³/mol. The van der Waals surface area contributed by atoms with E-state index in [4.69, 9.17) is 5.11 Å². The van der Waals surface area contributed by atoms with Gasteiger partial charge in [-0.3, -0.25) is 0 Å². The Morgan fingerprint density at radius 2 is 2.17 bits per heavy atom. The number of nitrogens with zero attached hydrogens (tertiary/aromatic N) is 3. The summed E-state index contributed by atoms with van der Waals surface area (Å²) in [5.41, 5.74) is 0.0538. The normalized spacial score (nSPS) is 28.2. The smallest absolute Gasteiger partial charge is 0.354 e. The largest absolute Gasteiger partial charge is 0.477 e. The number of aromatic carboxylic acids is 1. The molecule has 1 saturated heterocycles. The zero-order valence-corrected chi connectivity index (χ0v) is 11.0. The van der Waals surface area contributed by atoms with Gasteiger partial charge in [-0.25, -0.2) is 14.8 Å². The standard InChI is InChI=1S/C13H19N3O2/c1-8-6-9(2)10(3)16(7-8)13-14-5-4-11(15-13)12(17)18/h4-5,8-10H,6-7H2,1-3H3,(H,17,18). The summed E-state index contributed by atoms with van der Waals surface area (Å²) in [6.45, 7) is 7.45. The molecule has 5 heteroatoms. The second-order valence-corrected chi connectivity index (χ2v) is 5.26. The molecule has 1 N–H and O–H groups in total. The lowest BCUT2D eigenvalue weighted by Crippen LogP contribution is -2.46. The Kier molecular flexibility index (Phi) is 3.50. The molecule has 0 saturated carbocycles. The molecule has 3 unspecified atom stereocenters. The molecule has 1 aliphatic rings. The van der Waals surface area contributed by atoms with E-state index in [9.17, 15) is 4.79 Å². The molecule has 0 aliphatic carbocycles. The summed E-state index contributed by atoms with van der Waals surface area (Å²) in [6.07, 6.45) is 2.71. The van der Waals surface area contributed by atoms with Crippen molar-refractivity contribution in [2.24, 2.45) is 11.8 Å². The molecule has 2 heterocycles. The molecule has 2 rings (SSSR count). The number of hydrogen-bond donors (Lipinski definition) is 1. The van der Waals surface area contributed by atoms with Gasteiger partial charge in [-0.05, 0) is 31.2 Å². The average molecular weight is 249 g/mol. The number of aromatic nitrogens is 2. The first kappa shape index (κ1) is 12.8. The second-order valence-electron chi connectivity index (χ2n) is 5.26. The zero-order chi connectivity index (χ0) is 13.3. The summed E-state index contributed by atoms with van der Waals surface area (Å²) >= 11 is 0. The SMILES string of the molecule is CC1CC(C)C(C)N(c2nccc(C(=O)O)n2)C1. The van der Waals surface area contributed by atoms with E-state index >= 15 is 0 Å². The van der Waals surface area contributed by atoms with Gasteiger partial charge in [0.25, 0.3) is 0 Å². The predicted octanol–water partition coefficient (Wildman–Crippen LogP) is 2.05. The highest BCUT2D eigenvalue weighted by Crippen LogP contribution is 2.29. The van der Waals surface area contributed by atoms with E-state index in [1.807, 2.05) is 0 Å². The van der Waals surface area contributed by atoms with E-state index < -0.39 is 5.97 Å². The van der Waals surface area contributed by atoms with Crippen LogP contribution in [-0.4, -0.2) is 33.6 Å². The number of carboxylic acids is 1. The van der Waals surface area contributed by atoms with Crippen LogP contribution in [0.4, 0.5) is 5.95 Å². The molecule has 3 atom stereocenters. The fraction of sp³-hybridized carbons (Fsp3) is 0.615. The first-order chi connectivity index (χ1) is 8.49. The van der Waals surface area contributed by atoms with Gasteiger partial charge in [0.2, 0.25) is 5.95 Å². The summed E-state index contributed by atoms with van der Waals surface area (Å²) < 4.78 is 0. The molecular weight excluding hydrogens is 230 g/mol. The Hall–Kier alpha value is -1.65. The Balaban J connectivity index is 2.29. The molecule has 1 aliphatic heterocycles. The first-order valence-corrected chi connectivity index (χ1v) is 6.32. The number of rotatable bonds is 2. The van der Waals surface area contributed by atoms with Crippen molar-refractivity contribution in [3.63, 3.8) is 0 Å². The van der Waals surface area contributed by atoms with Crippen molar-refractivity contribution in [1.82, 2.24) is 9.97 Å². The summed E-state index contributed by atoms with van der Waals surface area (Å²) in [4.78, 5) is 21.4. The van der Waals surface area contributed by atoms with Crippen LogP contribution in [0, 0.1) is 11.8 Å². The maximum atomic E-state index is 10.9. The maximum absolute atomic E-state index is 10.9. The van der Waals surface area contributed by atoms with Gasteiger partial charge in [-0.1, -0.05) is 13.8 Å². The Morgan fingerprint density at radius 3 is 2.83 bits per heavy atom. The third-order valence-corrected chi connectivity index (χ3v) is 3.72. The van der Waals surface area contributed by atoms with Gasteiger partial charge in [-0.15, -0.1) is 0 Å². The van der Waals surface area contributed by atoms with Gasteiger partial charge >= 0.3 is 5.97 Å². The second kappa shape index (κ2) is 4.92. The van der Waals surface area contributed by atoms with Crippen LogP contribution in [0.2, 0.25) is 0 Å². The highest BCUT2D eigenvalue weighted by Gasteiger charge is 2.30. The van der Waals surface area contributed by atoms with Gasteiger partial charge in [0.1, 0.15) is 0 Å². The number of carbonyl (C=O) groups is 1. The topological polar surface area (TPSA) is 66.3 Å². The molecular formula is C13H19N3O2. The highest BCUT2D eigenvalue weighted by molar-refractivity contribution is 5.85. The minimum absolute atomic E-state index is 0.0538. The van der Waals surface area contributed by atoms with Gasteiger partial charge < -0.3 is 10.0 Å². The van der Waals surface area contributed by atoms with Gasteiger partial charge in [0, 0.05) is 18.8 Å². The van der Waals surface area contributed by atoms with E-state index in [-0.39, 0.29) is 5.69 Å². The summed E-state index contributed by atoms with van der Waals surface area (Å²) in [5.74, 6) is 0.657. The summed E-state index contributed by atoms with van der Waals surface area (Å²) in [6, 6.07) is 1.76. The fourth-order valence-corrected chi connectivity index (χ4v) is 2.59. The van der Waals surface area contributed by atoms with Gasteiger partial charge in [0.15, 0.2) is 5.69 Å². The minimum Gasteiger partial charge on any atom is -0.477 e. The Labute approximate surface area is 107 Å². The van der Waals surface area contributed by atoms with Crippen molar-refractivity contribution in [1.29, 1.82) is 0 Å². The molecule has 1 aromatic rings. The summed E-state index contributed by atoms with van der Waals surface area (Å²) in [5, 5.41) is 8.97. The monoisotopic (exact) mass is 249 g/mol. The van der Waals surface area contributed by atoms with Crippen molar-refractivity contribution in [2.45, 2.75) is 33.2 Å². The van der Waals surface area contributed by atoms with Crippen LogP contribution in [0.1, 0.15) is 37.7 Å². The number of hydrogen-bond acceptors (Lipinski definition) is 4. The van der Waals surface area contributed by atoms with Crippen molar-refractivity contribution in [2.75, 3.05) is 11.4 Å². The lowest BCUT2D eigenvalue weighted by Gasteiger charge is -2.41. The van der Waals surface area contributed by atoms with Crippen molar-refractivity contribution in [3.05, 3.63) is 18.0 Å². The molecule has 1 aromatic heterocycles. The Morgan fingerprint density at radius 1 is 1.44 bits per heavy atom. The van der Waals surface area contributed by atoms with E-state index in [1.54, 1.807) is 0 Å². The van der Waals surface area contributed by atoms with Crippen LogP contribution < -0.4 is 4.90 Å². The molecule has 0 amide bonds. The first-order valence-electron chi connectivity index (χ1n) is 6.32. The third-order valence-electron chi connectivity index (χ3n) is 3.72. The number of piperidine rings is 1. The molecule has 0 radical (unpaired) electrons. The van der Waals surface area contributed by atoms with Crippen molar-refractivity contribution < 1.29 is 9.90 Å². The highest BCUT2D eigenvalue weighted by atomic mass is 16.4. The fourth-order valence-electron chi connectivity index (χ4n) is 2.59. The zero-order valence-electron chi connectivity index (χ0n) is 11.0. The molecule has 98 valence electrons. The summed E-state index contributed by atoms with van der Waals surface area (Å²) in [7, 11) is 0. The molecule has 0 aromatic carbocycles. The van der Waals surface area contributed by atoms with Crippen LogP contribution in [0.5, 0.6) is 0 Å². The molecule has 18 heavy (non-hydrogen) atoms. The van der Waals surface area contributed by atoms with Crippen LogP contribution in [-0.2, 0) is 0 Å². The lowest BCUT2D eigenvalue weighted by atomic mass is 9.86. The molecule has 1 fully saturated rings. The van der Waals surface area contributed by atoms with Crippen molar-refractivity contribution >= 4 is 11.9 Å². The molecule has 0 spiro atoms. The Bertz CT molecular complexity index is 450. The van der Waals surface area contributed by atoms with Crippen LogP contribution in [0.25, 0.3) is 0 Å². The van der Waals surface area contributed by atoms with E-state index in [2.05, 4.69) is 35.6 Å². The van der Waals surface area contributed by atoms with Crippen molar-refractivity contribution in [3.8, 4) is 0 Å². The van der Waals surface area contributed by atoms with Crippen LogP contribution in [0.3, 0.4) is 0 Å². The quantitative estimate of drug-likeness (QED) is 0.868. The van der Waals surface area contributed by atoms with E-state index in [0.717, 1.165) is 6.54 Å².